The standard InChI is InChI=1S/C11H13FN2O4/c1-14(8-4-2-7(12)3-5-8)11(18)13-6-9(15)10(16)17/h2-5,9,15H,6H2,1H3,(H,13,18)(H,16,17). The first-order chi connectivity index (χ1) is 8.41. The lowest BCUT2D eigenvalue weighted by atomic mass is 10.3. The topological polar surface area (TPSA) is 89.9 Å². The summed E-state index contributed by atoms with van der Waals surface area (Å²) < 4.78 is 12.7. The lowest BCUT2D eigenvalue weighted by Gasteiger charge is -2.18. The molecule has 0 aliphatic carbocycles. The second-order valence-corrected chi connectivity index (χ2v) is 3.58. The van der Waals surface area contributed by atoms with Crippen LogP contribution in [0.3, 0.4) is 0 Å². The smallest absolute Gasteiger partial charge is 0.334 e. The van der Waals surface area contributed by atoms with Gasteiger partial charge >= 0.3 is 12.0 Å². The third kappa shape index (κ3) is 3.70. The van der Waals surface area contributed by atoms with Gasteiger partial charge in [0, 0.05) is 12.7 Å². The summed E-state index contributed by atoms with van der Waals surface area (Å²) in [5.74, 6) is -1.84. The molecule has 1 aromatic rings. The number of halogens is 1. The van der Waals surface area contributed by atoms with E-state index < -0.39 is 30.5 Å². The molecule has 0 saturated carbocycles. The zero-order valence-electron chi connectivity index (χ0n) is 9.63. The highest BCUT2D eigenvalue weighted by atomic mass is 19.1. The number of hydrogen-bond donors (Lipinski definition) is 3. The second-order valence-electron chi connectivity index (χ2n) is 3.58. The fourth-order valence-electron chi connectivity index (χ4n) is 1.17. The van der Waals surface area contributed by atoms with Gasteiger partial charge in [0.1, 0.15) is 5.82 Å². The second kappa shape index (κ2) is 5.97. The Kier molecular flexibility index (Phi) is 4.61. The first-order valence-electron chi connectivity index (χ1n) is 5.10. The van der Waals surface area contributed by atoms with Crippen LogP contribution in [0, 0.1) is 5.82 Å². The molecule has 3 N–H and O–H groups in total. The molecular formula is C11H13FN2O4. The number of urea groups is 1. The van der Waals surface area contributed by atoms with E-state index >= 15 is 0 Å². The van der Waals surface area contributed by atoms with Gasteiger partial charge in [-0.15, -0.1) is 0 Å². The number of carbonyl (C=O) groups excluding carboxylic acids is 1. The molecule has 0 radical (unpaired) electrons. The maximum atomic E-state index is 12.7. The van der Waals surface area contributed by atoms with Crippen molar-refractivity contribution in [2.45, 2.75) is 6.10 Å². The predicted molar refractivity (Wildman–Crippen MR) is 61.8 cm³/mol. The Morgan fingerprint density at radius 2 is 1.94 bits per heavy atom. The van der Waals surface area contributed by atoms with Crippen molar-refractivity contribution in [3.8, 4) is 0 Å². The van der Waals surface area contributed by atoms with Crippen LogP contribution in [-0.4, -0.2) is 41.9 Å². The summed E-state index contributed by atoms with van der Waals surface area (Å²) in [6, 6.07) is 4.61. The molecule has 1 aromatic carbocycles. The zero-order valence-corrected chi connectivity index (χ0v) is 9.63. The summed E-state index contributed by atoms with van der Waals surface area (Å²) in [5, 5.41) is 19.6. The highest BCUT2D eigenvalue weighted by Crippen LogP contribution is 2.12. The van der Waals surface area contributed by atoms with E-state index in [1.54, 1.807) is 0 Å². The third-order valence-electron chi connectivity index (χ3n) is 2.25. The number of rotatable bonds is 4. The quantitative estimate of drug-likeness (QED) is 0.728. The van der Waals surface area contributed by atoms with Gasteiger partial charge in [0.2, 0.25) is 0 Å². The van der Waals surface area contributed by atoms with Crippen LogP contribution < -0.4 is 10.2 Å². The average Bonchev–Trinajstić information content (AvgIpc) is 2.35. The van der Waals surface area contributed by atoms with Gasteiger partial charge in [0.15, 0.2) is 6.10 Å². The van der Waals surface area contributed by atoms with Crippen LogP contribution in [0.15, 0.2) is 24.3 Å². The van der Waals surface area contributed by atoms with Crippen LogP contribution in [0.1, 0.15) is 0 Å². The lowest BCUT2D eigenvalue weighted by molar-refractivity contribution is -0.146. The number of nitrogens with zero attached hydrogens (tertiary/aromatic N) is 1. The summed E-state index contributed by atoms with van der Waals surface area (Å²) in [6.07, 6.45) is -1.66. The minimum atomic E-state index is -1.66. The molecule has 0 aromatic heterocycles. The van der Waals surface area contributed by atoms with Crippen molar-refractivity contribution >= 4 is 17.7 Å². The molecule has 98 valence electrons. The van der Waals surface area contributed by atoms with Crippen LogP contribution in [0.4, 0.5) is 14.9 Å². The minimum absolute atomic E-state index is 0.403. The van der Waals surface area contributed by atoms with E-state index in [1.165, 1.54) is 36.2 Å². The Bertz CT molecular complexity index is 435. The number of carbonyl (C=O) groups is 2. The van der Waals surface area contributed by atoms with Crippen LogP contribution in [-0.2, 0) is 4.79 Å². The van der Waals surface area contributed by atoms with Crippen molar-refractivity contribution in [1.82, 2.24) is 5.32 Å². The number of aliphatic carboxylic acids is 1. The van der Waals surface area contributed by atoms with Crippen molar-refractivity contribution in [2.75, 3.05) is 18.5 Å². The number of anilines is 1. The van der Waals surface area contributed by atoms with Crippen molar-refractivity contribution in [3.05, 3.63) is 30.1 Å². The largest absolute Gasteiger partial charge is 0.479 e. The van der Waals surface area contributed by atoms with Gasteiger partial charge in [0.25, 0.3) is 0 Å². The molecule has 2 amide bonds. The van der Waals surface area contributed by atoms with E-state index in [0.717, 1.165) is 0 Å². The van der Waals surface area contributed by atoms with E-state index in [2.05, 4.69) is 5.32 Å². The number of nitrogens with one attached hydrogen (secondary N) is 1. The van der Waals surface area contributed by atoms with Crippen molar-refractivity contribution in [3.63, 3.8) is 0 Å². The van der Waals surface area contributed by atoms with Crippen LogP contribution in [0.5, 0.6) is 0 Å². The van der Waals surface area contributed by atoms with Crippen molar-refractivity contribution < 1.29 is 24.2 Å². The molecule has 1 rings (SSSR count). The number of carboxylic acids is 1. The first kappa shape index (κ1) is 13.9. The molecule has 0 fully saturated rings. The highest BCUT2D eigenvalue weighted by molar-refractivity contribution is 5.91. The fourth-order valence-corrected chi connectivity index (χ4v) is 1.17. The molecule has 0 heterocycles. The third-order valence-corrected chi connectivity index (χ3v) is 2.25. The van der Waals surface area contributed by atoms with Gasteiger partial charge < -0.3 is 15.5 Å². The molecule has 1 atom stereocenters. The summed E-state index contributed by atoms with van der Waals surface area (Å²) in [7, 11) is 1.44. The molecule has 0 aliphatic heterocycles. The SMILES string of the molecule is CN(C(=O)NCC(O)C(=O)O)c1ccc(F)cc1. The van der Waals surface area contributed by atoms with Gasteiger partial charge in [-0.1, -0.05) is 0 Å². The van der Waals surface area contributed by atoms with E-state index in [0.29, 0.717) is 5.69 Å². The van der Waals surface area contributed by atoms with E-state index in [4.69, 9.17) is 10.2 Å². The van der Waals surface area contributed by atoms with Crippen molar-refractivity contribution in [1.29, 1.82) is 0 Å². The molecule has 0 aliphatic rings. The normalized spacial score (nSPS) is 11.7. The molecule has 7 heteroatoms. The molecule has 18 heavy (non-hydrogen) atoms. The number of aliphatic hydroxyl groups excluding tert-OH is 1. The molecule has 0 saturated heterocycles. The highest BCUT2D eigenvalue weighted by Gasteiger charge is 2.16. The Morgan fingerprint density at radius 1 is 1.39 bits per heavy atom. The lowest BCUT2D eigenvalue weighted by Crippen LogP contribution is -2.43. The summed E-state index contributed by atoms with van der Waals surface area (Å²) >= 11 is 0. The van der Waals surface area contributed by atoms with E-state index in [-0.39, 0.29) is 0 Å². The number of benzene rings is 1. The number of hydrogen-bond acceptors (Lipinski definition) is 3. The van der Waals surface area contributed by atoms with Gasteiger partial charge in [-0.3, -0.25) is 4.90 Å². The number of carboxylic acid groups (broad SMARTS) is 1. The Hall–Kier alpha value is -2.15. The van der Waals surface area contributed by atoms with E-state index in [1.807, 2.05) is 0 Å². The first-order valence-corrected chi connectivity index (χ1v) is 5.10. The summed E-state index contributed by atoms with van der Waals surface area (Å²) in [4.78, 5) is 23.1. The summed E-state index contributed by atoms with van der Waals surface area (Å²) in [5.41, 5.74) is 0.443. The average molecular weight is 256 g/mol. The minimum Gasteiger partial charge on any atom is -0.479 e. The van der Waals surface area contributed by atoms with Crippen molar-refractivity contribution in [2.24, 2.45) is 0 Å². The molecular weight excluding hydrogens is 243 g/mol. The zero-order chi connectivity index (χ0) is 13.7. The Labute approximate surface area is 103 Å². The van der Waals surface area contributed by atoms with Gasteiger partial charge in [-0.2, -0.15) is 0 Å². The summed E-state index contributed by atoms with van der Waals surface area (Å²) in [6.45, 7) is -0.403. The van der Waals surface area contributed by atoms with Crippen LogP contribution in [0.25, 0.3) is 0 Å². The maximum absolute atomic E-state index is 12.7. The Morgan fingerprint density at radius 3 is 2.44 bits per heavy atom. The fraction of sp³-hybridized carbons (Fsp3) is 0.273. The van der Waals surface area contributed by atoms with Gasteiger partial charge in [-0.05, 0) is 24.3 Å². The number of aliphatic hydroxyl groups is 1. The monoisotopic (exact) mass is 256 g/mol. The van der Waals surface area contributed by atoms with Gasteiger partial charge in [-0.25, -0.2) is 14.0 Å². The molecule has 0 bridgehead atoms. The maximum Gasteiger partial charge on any atom is 0.334 e. The van der Waals surface area contributed by atoms with Gasteiger partial charge in [0.05, 0.1) is 6.54 Å². The Balaban J connectivity index is 2.56. The molecule has 6 nitrogen and oxygen atoms in total. The predicted octanol–water partition coefficient (Wildman–Crippen LogP) is 0.417. The van der Waals surface area contributed by atoms with Crippen LogP contribution >= 0.6 is 0 Å². The number of amides is 2. The van der Waals surface area contributed by atoms with Crippen LogP contribution in [0.2, 0.25) is 0 Å². The van der Waals surface area contributed by atoms with E-state index in [9.17, 15) is 14.0 Å². The molecule has 0 spiro atoms. The molecule has 1 unspecified atom stereocenters.